The second kappa shape index (κ2) is 9.40. The van der Waals surface area contributed by atoms with Crippen LogP contribution < -0.4 is 0 Å². The van der Waals surface area contributed by atoms with Gasteiger partial charge in [0, 0.05) is 36.8 Å². The summed E-state index contributed by atoms with van der Waals surface area (Å²) in [6.45, 7) is 8.73. The molecule has 4 nitrogen and oxygen atoms in total. The second-order valence-electron chi connectivity index (χ2n) is 6.82. The lowest BCUT2D eigenvalue weighted by Gasteiger charge is -2.37. The van der Waals surface area contributed by atoms with Crippen LogP contribution in [0.25, 0.3) is 0 Å². The van der Waals surface area contributed by atoms with Gasteiger partial charge >= 0.3 is 0 Å². The van der Waals surface area contributed by atoms with Crippen LogP contribution in [0.2, 0.25) is 5.02 Å². The fraction of sp³-hybridized carbons (Fsp3) is 0.632. The van der Waals surface area contributed by atoms with Crippen molar-refractivity contribution < 1.29 is 9.53 Å². The molecule has 1 aromatic carbocycles. The van der Waals surface area contributed by atoms with Gasteiger partial charge in [-0.15, -0.1) is 0 Å². The van der Waals surface area contributed by atoms with E-state index in [0.717, 1.165) is 19.6 Å². The number of amides is 1. The van der Waals surface area contributed by atoms with Gasteiger partial charge in [0.25, 0.3) is 5.91 Å². The Morgan fingerprint density at radius 2 is 1.88 bits per heavy atom. The minimum atomic E-state index is 0.0570. The molecule has 0 bridgehead atoms. The summed E-state index contributed by atoms with van der Waals surface area (Å²) in [4.78, 5) is 17.5. The Balaban J connectivity index is 2.19. The first-order valence-corrected chi connectivity index (χ1v) is 9.18. The van der Waals surface area contributed by atoms with Crippen LogP contribution in [0.4, 0.5) is 0 Å². The first-order valence-electron chi connectivity index (χ1n) is 8.80. The lowest BCUT2D eigenvalue weighted by atomic mass is 10.0. The molecule has 134 valence electrons. The van der Waals surface area contributed by atoms with Crippen molar-refractivity contribution in [2.24, 2.45) is 5.92 Å². The lowest BCUT2D eigenvalue weighted by molar-refractivity contribution is 0.0479. The molecule has 1 aliphatic rings. The van der Waals surface area contributed by atoms with Gasteiger partial charge in [0.05, 0.1) is 6.61 Å². The van der Waals surface area contributed by atoms with Crippen molar-refractivity contribution >= 4 is 17.5 Å². The molecule has 0 radical (unpaired) electrons. The van der Waals surface area contributed by atoms with Crippen LogP contribution in [0.15, 0.2) is 24.3 Å². The fourth-order valence-electron chi connectivity index (χ4n) is 3.26. The lowest BCUT2D eigenvalue weighted by Crippen LogP contribution is -2.50. The van der Waals surface area contributed by atoms with Crippen LogP contribution in [0, 0.1) is 5.92 Å². The summed E-state index contributed by atoms with van der Waals surface area (Å²) in [7, 11) is 1.68. The molecule has 1 fully saturated rings. The number of rotatable bonds is 8. The molecule has 0 unspecified atom stereocenters. The molecule has 1 aromatic rings. The summed E-state index contributed by atoms with van der Waals surface area (Å²) in [5.41, 5.74) is 0.683. The maximum atomic E-state index is 13.1. The van der Waals surface area contributed by atoms with Crippen LogP contribution in [0.3, 0.4) is 0 Å². The number of methoxy groups -OCH3 is 1. The largest absolute Gasteiger partial charge is 0.383 e. The quantitative estimate of drug-likeness (QED) is 0.717. The number of halogens is 1. The molecule has 5 heteroatoms. The predicted octanol–water partition coefficient (Wildman–Crippen LogP) is 3.55. The number of hydrogen-bond acceptors (Lipinski definition) is 3. The zero-order chi connectivity index (χ0) is 17.5. The van der Waals surface area contributed by atoms with Crippen molar-refractivity contribution in [2.45, 2.75) is 32.7 Å². The molecular formula is C19H29ClN2O2. The fourth-order valence-corrected chi connectivity index (χ4v) is 3.39. The highest BCUT2D eigenvalue weighted by Crippen LogP contribution is 2.20. The summed E-state index contributed by atoms with van der Waals surface area (Å²) in [6, 6.07) is 7.33. The first kappa shape index (κ1) is 19.2. The maximum Gasteiger partial charge on any atom is 0.254 e. The molecule has 1 saturated heterocycles. The molecule has 0 saturated carbocycles. The summed E-state index contributed by atoms with van der Waals surface area (Å²) in [5.74, 6) is 0.445. The van der Waals surface area contributed by atoms with E-state index >= 15 is 0 Å². The van der Waals surface area contributed by atoms with Gasteiger partial charge in [0.15, 0.2) is 0 Å². The molecule has 1 amide bonds. The molecule has 1 heterocycles. The Morgan fingerprint density at radius 1 is 1.25 bits per heavy atom. The van der Waals surface area contributed by atoms with Gasteiger partial charge < -0.3 is 14.5 Å². The van der Waals surface area contributed by atoms with E-state index in [1.165, 1.54) is 12.8 Å². The number of ether oxygens (including phenoxy) is 1. The second-order valence-corrected chi connectivity index (χ2v) is 7.25. The minimum absolute atomic E-state index is 0.0570. The summed E-state index contributed by atoms with van der Waals surface area (Å²) in [6.07, 6.45) is 2.52. The first-order chi connectivity index (χ1) is 11.5. The van der Waals surface area contributed by atoms with E-state index in [-0.39, 0.29) is 11.9 Å². The zero-order valence-corrected chi connectivity index (χ0v) is 15.8. The topological polar surface area (TPSA) is 32.8 Å². The summed E-state index contributed by atoms with van der Waals surface area (Å²) in [5, 5.41) is 0.646. The van der Waals surface area contributed by atoms with E-state index in [2.05, 4.69) is 18.7 Å². The summed E-state index contributed by atoms with van der Waals surface area (Å²) >= 11 is 5.95. The van der Waals surface area contributed by atoms with Gasteiger partial charge in [-0.3, -0.25) is 4.79 Å². The third-order valence-electron chi connectivity index (χ3n) is 4.70. The van der Waals surface area contributed by atoms with E-state index < -0.39 is 0 Å². The Labute approximate surface area is 150 Å². The van der Waals surface area contributed by atoms with Crippen LogP contribution >= 0.6 is 11.6 Å². The van der Waals surface area contributed by atoms with Gasteiger partial charge in [-0.2, -0.15) is 0 Å². The Morgan fingerprint density at radius 3 is 2.42 bits per heavy atom. The van der Waals surface area contributed by atoms with Crippen molar-refractivity contribution in [3.8, 4) is 0 Å². The molecule has 0 N–H and O–H groups in total. The molecule has 2 rings (SSSR count). The van der Waals surface area contributed by atoms with E-state index in [9.17, 15) is 4.79 Å². The standard InChI is InChI=1S/C19H29ClN2O2/c1-15(2)18(14-21-10-4-5-11-21)22(12-13-24-3)19(23)16-6-8-17(20)9-7-16/h6-9,15,18H,4-5,10-14H2,1-3H3/t18-/m1/s1. The van der Waals surface area contributed by atoms with Crippen molar-refractivity contribution in [3.05, 3.63) is 34.9 Å². The predicted molar refractivity (Wildman–Crippen MR) is 98.7 cm³/mol. The van der Waals surface area contributed by atoms with Gasteiger partial charge in [-0.25, -0.2) is 0 Å². The number of likely N-dealkylation sites (tertiary alicyclic amines) is 1. The third kappa shape index (κ3) is 5.20. The normalized spacial score (nSPS) is 16.5. The number of benzene rings is 1. The summed E-state index contributed by atoms with van der Waals surface area (Å²) < 4.78 is 5.25. The smallest absolute Gasteiger partial charge is 0.254 e. The number of hydrogen-bond donors (Lipinski definition) is 0. The highest BCUT2D eigenvalue weighted by Gasteiger charge is 2.29. The van der Waals surface area contributed by atoms with Crippen molar-refractivity contribution in [1.82, 2.24) is 9.80 Å². The Hall–Kier alpha value is -1.10. The van der Waals surface area contributed by atoms with Gasteiger partial charge in [-0.05, 0) is 56.1 Å². The van der Waals surface area contributed by atoms with Gasteiger partial charge in [0.2, 0.25) is 0 Å². The molecule has 24 heavy (non-hydrogen) atoms. The Bertz CT molecular complexity index is 513. The van der Waals surface area contributed by atoms with Gasteiger partial charge in [-0.1, -0.05) is 25.4 Å². The van der Waals surface area contributed by atoms with Gasteiger partial charge in [0.1, 0.15) is 0 Å². The van der Waals surface area contributed by atoms with Crippen molar-refractivity contribution in [2.75, 3.05) is 39.9 Å². The zero-order valence-electron chi connectivity index (χ0n) is 15.0. The number of carbonyl (C=O) groups is 1. The van der Waals surface area contributed by atoms with Crippen LogP contribution in [-0.2, 0) is 4.74 Å². The molecule has 0 aromatic heterocycles. The number of carbonyl (C=O) groups excluding carboxylic acids is 1. The Kier molecular flexibility index (Phi) is 7.53. The molecular weight excluding hydrogens is 324 g/mol. The third-order valence-corrected chi connectivity index (χ3v) is 4.95. The van der Waals surface area contributed by atoms with Crippen molar-refractivity contribution in [1.29, 1.82) is 0 Å². The maximum absolute atomic E-state index is 13.1. The highest BCUT2D eigenvalue weighted by molar-refractivity contribution is 6.30. The van der Waals surface area contributed by atoms with Crippen molar-refractivity contribution in [3.63, 3.8) is 0 Å². The SMILES string of the molecule is COCCN(C(=O)c1ccc(Cl)cc1)[C@H](CN1CCCC1)C(C)C. The monoisotopic (exact) mass is 352 g/mol. The van der Waals surface area contributed by atoms with Crippen LogP contribution in [0.1, 0.15) is 37.0 Å². The molecule has 1 aliphatic heterocycles. The van der Waals surface area contributed by atoms with Crippen LogP contribution in [-0.4, -0.2) is 61.6 Å². The molecule has 0 aliphatic carbocycles. The average Bonchev–Trinajstić information content (AvgIpc) is 3.07. The number of nitrogens with zero attached hydrogens (tertiary/aromatic N) is 2. The van der Waals surface area contributed by atoms with E-state index in [1.807, 2.05) is 4.90 Å². The van der Waals surface area contributed by atoms with Crippen LogP contribution in [0.5, 0.6) is 0 Å². The minimum Gasteiger partial charge on any atom is -0.383 e. The highest BCUT2D eigenvalue weighted by atomic mass is 35.5. The van der Waals surface area contributed by atoms with E-state index in [1.54, 1.807) is 31.4 Å². The van der Waals surface area contributed by atoms with E-state index in [0.29, 0.717) is 29.7 Å². The van der Waals surface area contributed by atoms with E-state index in [4.69, 9.17) is 16.3 Å². The molecule has 0 spiro atoms. The average molecular weight is 353 g/mol. The molecule has 1 atom stereocenters.